The van der Waals surface area contributed by atoms with Crippen LogP contribution >= 0.6 is 11.6 Å². The zero-order valence-electron chi connectivity index (χ0n) is 19.3. The molecule has 0 aliphatic rings. The monoisotopic (exact) mass is 452 g/mol. The summed E-state index contributed by atoms with van der Waals surface area (Å²) in [6.45, 7) is 8.42. The van der Waals surface area contributed by atoms with Gasteiger partial charge in [-0.25, -0.2) is 0 Å². The number of aryl methyl sites for hydroxylation is 1. The summed E-state index contributed by atoms with van der Waals surface area (Å²) in [5, 5.41) is 0.718. The lowest BCUT2D eigenvalue weighted by atomic mass is 10.1. The van der Waals surface area contributed by atoms with Crippen molar-refractivity contribution in [3.63, 3.8) is 0 Å². The Labute approximate surface area is 196 Å². The molecule has 0 fully saturated rings. The van der Waals surface area contributed by atoms with Crippen LogP contribution in [0.2, 0.25) is 5.02 Å². The second-order valence-corrected chi connectivity index (χ2v) is 8.79. The van der Waals surface area contributed by atoms with Crippen molar-refractivity contribution in [3.8, 4) is 0 Å². The smallest absolute Gasteiger partial charge is 0.237 e. The van der Waals surface area contributed by atoms with Crippen LogP contribution in [0.25, 0.3) is 0 Å². The fraction of sp³-hybridized carbons (Fsp3) is 0.370. The molecule has 0 saturated carbocycles. The molecule has 0 saturated heterocycles. The summed E-state index contributed by atoms with van der Waals surface area (Å²) >= 11 is 6.19. The van der Waals surface area contributed by atoms with E-state index in [-0.39, 0.29) is 11.9 Å². The maximum Gasteiger partial charge on any atom is 0.237 e. The Morgan fingerprint density at radius 1 is 1.00 bits per heavy atom. The lowest BCUT2D eigenvalue weighted by molar-refractivity contribution is -0.134. The summed E-state index contributed by atoms with van der Waals surface area (Å²) in [5.74, 6) is 1.78. The molecule has 3 aromatic rings. The van der Waals surface area contributed by atoms with E-state index < -0.39 is 0 Å². The SMILES string of the molecule is CC[C@@H](C)N(CC(=O)N(CCc1ccccc1)Cc1ccc(C)o1)Cc1cccc(Cl)c1. The molecule has 170 valence electrons. The summed E-state index contributed by atoms with van der Waals surface area (Å²) in [6, 6.07) is 22.3. The summed E-state index contributed by atoms with van der Waals surface area (Å²) in [6.07, 6.45) is 1.78. The Bertz CT molecular complexity index is 986. The number of benzene rings is 2. The first-order valence-corrected chi connectivity index (χ1v) is 11.7. The van der Waals surface area contributed by atoms with Crippen LogP contribution in [0, 0.1) is 6.92 Å². The third kappa shape index (κ3) is 7.25. The zero-order valence-corrected chi connectivity index (χ0v) is 20.0. The molecule has 1 heterocycles. The molecule has 0 aliphatic carbocycles. The van der Waals surface area contributed by atoms with Gasteiger partial charge < -0.3 is 9.32 Å². The highest BCUT2D eigenvalue weighted by molar-refractivity contribution is 6.30. The molecule has 5 heteroatoms. The van der Waals surface area contributed by atoms with E-state index in [1.54, 1.807) is 0 Å². The van der Waals surface area contributed by atoms with Gasteiger partial charge in [0.2, 0.25) is 5.91 Å². The van der Waals surface area contributed by atoms with E-state index in [1.807, 2.05) is 60.4 Å². The van der Waals surface area contributed by atoms with E-state index in [9.17, 15) is 4.79 Å². The van der Waals surface area contributed by atoms with Crippen LogP contribution in [0.4, 0.5) is 0 Å². The molecular weight excluding hydrogens is 420 g/mol. The van der Waals surface area contributed by atoms with Gasteiger partial charge in [0.15, 0.2) is 0 Å². The van der Waals surface area contributed by atoms with Crippen LogP contribution in [0.3, 0.4) is 0 Å². The van der Waals surface area contributed by atoms with Crippen molar-refractivity contribution in [2.45, 2.75) is 52.7 Å². The van der Waals surface area contributed by atoms with Crippen molar-refractivity contribution in [2.24, 2.45) is 0 Å². The van der Waals surface area contributed by atoms with Crippen molar-refractivity contribution in [3.05, 3.63) is 94.4 Å². The molecule has 0 bridgehead atoms. The van der Waals surface area contributed by atoms with Crippen LogP contribution in [0.1, 0.15) is 42.9 Å². The van der Waals surface area contributed by atoms with Crippen molar-refractivity contribution < 1.29 is 9.21 Å². The van der Waals surface area contributed by atoms with Gasteiger partial charge in [-0.05, 0) is 62.1 Å². The fourth-order valence-electron chi connectivity index (χ4n) is 3.73. The minimum Gasteiger partial charge on any atom is -0.464 e. The van der Waals surface area contributed by atoms with Crippen molar-refractivity contribution >= 4 is 17.5 Å². The molecule has 1 amide bonds. The van der Waals surface area contributed by atoms with Gasteiger partial charge in [0.25, 0.3) is 0 Å². The van der Waals surface area contributed by atoms with E-state index in [0.717, 1.165) is 34.9 Å². The van der Waals surface area contributed by atoms with Crippen LogP contribution in [-0.4, -0.2) is 34.8 Å². The maximum atomic E-state index is 13.5. The van der Waals surface area contributed by atoms with Crippen LogP contribution < -0.4 is 0 Å². The molecule has 0 aliphatic heterocycles. The molecule has 0 spiro atoms. The summed E-state index contributed by atoms with van der Waals surface area (Å²) in [5.41, 5.74) is 2.33. The number of carbonyl (C=O) groups is 1. The fourth-order valence-corrected chi connectivity index (χ4v) is 3.94. The standard InChI is InChI=1S/C27H33ClN2O2/c1-4-21(2)30(18-24-11-8-12-25(28)17-24)20-27(31)29(19-26-14-13-22(3)32-26)16-15-23-9-6-5-7-10-23/h5-14,17,21H,4,15-16,18-20H2,1-3H3/t21-/m1/s1. The van der Waals surface area contributed by atoms with E-state index in [1.165, 1.54) is 5.56 Å². The van der Waals surface area contributed by atoms with Gasteiger partial charge >= 0.3 is 0 Å². The number of halogens is 1. The van der Waals surface area contributed by atoms with Crippen molar-refractivity contribution in [2.75, 3.05) is 13.1 Å². The van der Waals surface area contributed by atoms with Crippen molar-refractivity contribution in [1.29, 1.82) is 0 Å². The summed E-state index contributed by atoms with van der Waals surface area (Å²) in [4.78, 5) is 17.6. The van der Waals surface area contributed by atoms with Crippen LogP contribution in [-0.2, 0) is 24.3 Å². The zero-order chi connectivity index (χ0) is 22.9. The Kier molecular flexibility index (Phi) is 8.95. The number of hydrogen-bond acceptors (Lipinski definition) is 3. The lowest BCUT2D eigenvalue weighted by Gasteiger charge is -2.31. The average Bonchev–Trinajstić information content (AvgIpc) is 3.20. The van der Waals surface area contributed by atoms with Gasteiger partial charge in [-0.1, -0.05) is 61.0 Å². The summed E-state index contributed by atoms with van der Waals surface area (Å²) in [7, 11) is 0. The molecule has 1 aromatic heterocycles. The molecule has 4 nitrogen and oxygen atoms in total. The predicted molar refractivity (Wildman–Crippen MR) is 131 cm³/mol. The topological polar surface area (TPSA) is 36.7 Å². The number of furan rings is 1. The second-order valence-electron chi connectivity index (χ2n) is 8.36. The Morgan fingerprint density at radius 2 is 1.75 bits per heavy atom. The number of carbonyl (C=O) groups excluding carboxylic acids is 1. The first-order chi connectivity index (χ1) is 15.4. The third-order valence-corrected chi connectivity index (χ3v) is 6.07. The normalized spacial score (nSPS) is 12.2. The van der Waals surface area contributed by atoms with E-state index >= 15 is 0 Å². The number of rotatable bonds is 11. The first kappa shape index (κ1) is 24.1. The van der Waals surface area contributed by atoms with E-state index in [0.29, 0.717) is 26.2 Å². The highest BCUT2D eigenvalue weighted by atomic mass is 35.5. The highest BCUT2D eigenvalue weighted by Crippen LogP contribution is 2.17. The van der Waals surface area contributed by atoms with Crippen LogP contribution in [0.15, 0.2) is 71.1 Å². The molecule has 1 atom stereocenters. The lowest BCUT2D eigenvalue weighted by Crippen LogP contribution is -2.43. The number of nitrogens with zero attached hydrogens (tertiary/aromatic N) is 2. The molecule has 3 rings (SSSR count). The largest absolute Gasteiger partial charge is 0.464 e. The minimum absolute atomic E-state index is 0.109. The Balaban J connectivity index is 1.73. The van der Waals surface area contributed by atoms with Gasteiger partial charge in [0.05, 0.1) is 13.1 Å². The average molecular weight is 453 g/mol. The molecule has 32 heavy (non-hydrogen) atoms. The molecule has 0 unspecified atom stereocenters. The van der Waals surface area contributed by atoms with Gasteiger partial charge in [0, 0.05) is 24.2 Å². The quantitative estimate of drug-likeness (QED) is 0.352. The predicted octanol–water partition coefficient (Wildman–Crippen LogP) is 6.11. The molecule has 0 N–H and O–H groups in total. The van der Waals surface area contributed by atoms with Gasteiger partial charge in [-0.2, -0.15) is 0 Å². The third-order valence-electron chi connectivity index (χ3n) is 5.84. The van der Waals surface area contributed by atoms with Gasteiger partial charge in [-0.3, -0.25) is 9.69 Å². The Morgan fingerprint density at radius 3 is 2.41 bits per heavy atom. The van der Waals surface area contributed by atoms with Crippen molar-refractivity contribution in [1.82, 2.24) is 9.80 Å². The first-order valence-electron chi connectivity index (χ1n) is 11.3. The van der Waals surface area contributed by atoms with Gasteiger partial charge in [-0.15, -0.1) is 0 Å². The second kappa shape index (κ2) is 11.9. The molecule has 0 radical (unpaired) electrons. The van der Waals surface area contributed by atoms with E-state index in [2.05, 4.69) is 36.9 Å². The molecule has 2 aromatic carbocycles. The van der Waals surface area contributed by atoms with E-state index in [4.69, 9.17) is 16.0 Å². The maximum absolute atomic E-state index is 13.5. The Hall–Kier alpha value is -2.56. The van der Waals surface area contributed by atoms with Crippen LogP contribution in [0.5, 0.6) is 0 Å². The summed E-state index contributed by atoms with van der Waals surface area (Å²) < 4.78 is 5.78. The van der Waals surface area contributed by atoms with Gasteiger partial charge in [0.1, 0.15) is 11.5 Å². The number of amides is 1. The highest BCUT2D eigenvalue weighted by Gasteiger charge is 2.22. The minimum atomic E-state index is 0.109. The number of hydrogen-bond donors (Lipinski definition) is 0. The molecular formula is C27H33ClN2O2.